The molecule has 0 amide bonds. The van der Waals surface area contributed by atoms with Crippen LogP contribution in [0.3, 0.4) is 0 Å². The highest BCUT2D eigenvalue weighted by molar-refractivity contribution is 6.24. The molecular weight excluding hydrogens is 623 g/mol. The summed E-state index contributed by atoms with van der Waals surface area (Å²) in [7, 11) is 0. The number of benzene rings is 7. The van der Waals surface area contributed by atoms with Crippen LogP contribution in [0.2, 0.25) is 0 Å². The first-order chi connectivity index (χ1) is 25.0. The summed E-state index contributed by atoms with van der Waals surface area (Å²) in [4.78, 5) is 10.6. The topological polar surface area (TPSA) is 43.9 Å². The minimum atomic E-state index is -0.0424. The van der Waals surface area contributed by atoms with Crippen LogP contribution < -0.4 is 0 Å². The molecule has 7 aromatic carbocycles. The Hall–Kier alpha value is -6.52. The van der Waals surface area contributed by atoms with Gasteiger partial charge in [-0.25, -0.2) is 9.97 Å². The standard InChI is InChI=1S/C47H31N3O/c1-47(2)37-15-7-3-11-31(37)32-24-23-30(27-38(32)47)28-19-21-29(22-20-28)44-35-13-4-8-16-39(35)48-46(49-44)50-40-17-9-5-12-33(40)34-25-26-42-43(45(34)50)36-14-6-10-18-41(36)51-42/h3-27H,1-2H3. The third-order valence-corrected chi connectivity index (χ3v) is 11.0. The number of rotatable bonds is 3. The van der Waals surface area contributed by atoms with Crippen molar-refractivity contribution >= 4 is 54.6 Å². The van der Waals surface area contributed by atoms with Crippen molar-refractivity contribution in [3.05, 3.63) is 163 Å². The third kappa shape index (κ3) is 3.96. The first kappa shape index (κ1) is 28.3. The zero-order valence-electron chi connectivity index (χ0n) is 28.2. The monoisotopic (exact) mass is 653 g/mol. The Morgan fingerprint density at radius 3 is 2.08 bits per heavy atom. The number of hydrogen-bond acceptors (Lipinski definition) is 3. The summed E-state index contributed by atoms with van der Waals surface area (Å²) < 4.78 is 8.58. The molecule has 0 saturated carbocycles. The van der Waals surface area contributed by atoms with Crippen molar-refractivity contribution in [2.24, 2.45) is 0 Å². The summed E-state index contributed by atoms with van der Waals surface area (Å²) in [5, 5.41) is 5.47. The highest BCUT2D eigenvalue weighted by atomic mass is 16.3. The SMILES string of the molecule is CC1(C)c2ccccc2-c2ccc(-c3ccc(-c4nc(-n5c6ccccc6c6ccc7oc8ccccc8c7c65)nc5ccccc45)cc3)cc21. The lowest BCUT2D eigenvalue weighted by Crippen LogP contribution is -2.14. The van der Waals surface area contributed by atoms with Gasteiger partial charge >= 0.3 is 0 Å². The summed E-state index contributed by atoms with van der Waals surface area (Å²) in [6.45, 7) is 4.67. The van der Waals surface area contributed by atoms with Crippen LogP contribution in [0.4, 0.5) is 0 Å². The van der Waals surface area contributed by atoms with Crippen LogP contribution in [-0.4, -0.2) is 14.5 Å². The molecule has 0 aliphatic heterocycles. The van der Waals surface area contributed by atoms with E-state index in [9.17, 15) is 0 Å². The van der Waals surface area contributed by atoms with Crippen LogP contribution in [0, 0.1) is 0 Å². The van der Waals surface area contributed by atoms with Crippen LogP contribution in [0.25, 0.3) is 94.1 Å². The zero-order chi connectivity index (χ0) is 33.8. The van der Waals surface area contributed by atoms with Gasteiger partial charge in [0, 0.05) is 32.5 Å². The van der Waals surface area contributed by atoms with Gasteiger partial charge < -0.3 is 4.42 Å². The molecule has 11 rings (SSSR count). The molecule has 4 nitrogen and oxygen atoms in total. The van der Waals surface area contributed by atoms with Crippen LogP contribution in [0.1, 0.15) is 25.0 Å². The van der Waals surface area contributed by atoms with Gasteiger partial charge in [0.2, 0.25) is 5.95 Å². The molecule has 51 heavy (non-hydrogen) atoms. The molecule has 240 valence electrons. The lowest BCUT2D eigenvalue weighted by atomic mass is 9.81. The Balaban J connectivity index is 1.10. The van der Waals surface area contributed by atoms with Crippen LogP contribution in [-0.2, 0) is 5.41 Å². The largest absolute Gasteiger partial charge is 0.456 e. The predicted octanol–water partition coefficient (Wildman–Crippen LogP) is 12.3. The maximum atomic E-state index is 6.36. The summed E-state index contributed by atoms with van der Waals surface area (Å²) in [5.74, 6) is 0.636. The van der Waals surface area contributed by atoms with E-state index in [0.29, 0.717) is 5.95 Å². The van der Waals surface area contributed by atoms with E-state index in [-0.39, 0.29) is 5.41 Å². The van der Waals surface area contributed by atoms with Crippen molar-refractivity contribution in [2.75, 3.05) is 0 Å². The van der Waals surface area contributed by atoms with E-state index < -0.39 is 0 Å². The highest BCUT2D eigenvalue weighted by Crippen LogP contribution is 2.49. The van der Waals surface area contributed by atoms with E-state index >= 15 is 0 Å². The summed E-state index contributed by atoms with van der Waals surface area (Å²) in [6.07, 6.45) is 0. The predicted molar refractivity (Wildman–Crippen MR) is 210 cm³/mol. The number of fused-ring (bicyclic) bond motifs is 11. The van der Waals surface area contributed by atoms with E-state index in [1.165, 1.54) is 33.4 Å². The van der Waals surface area contributed by atoms with E-state index in [4.69, 9.17) is 14.4 Å². The first-order valence-electron chi connectivity index (χ1n) is 17.5. The third-order valence-electron chi connectivity index (χ3n) is 11.0. The van der Waals surface area contributed by atoms with E-state index in [1.807, 2.05) is 18.2 Å². The average Bonchev–Trinajstić information content (AvgIpc) is 3.80. The molecule has 0 N–H and O–H groups in total. The molecule has 10 aromatic rings. The van der Waals surface area contributed by atoms with Crippen molar-refractivity contribution in [1.29, 1.82) is 0 Å². The van der Waals surface area contributed by atoms with Gasteiger partial charge in [0.1, 0.15) is 11.2 Å². The molecule has 0 fully saturated rings. The molecule has 3 heterocycles. The second-order valence-corrected chi connectivity index (χ2v) is 14.2. The summed E-state index contributed by atoms with van der Waals surface area (Å²) >= 11 is 0. The van der Waals surface area contributed by atoms with Gasteiger partial charge in [-0.05, 0) is 69.8 Å². The maximum Gasteiger partial charge on any atom is 0.235 e. The van der Waals surface area contributed by atoms with Crippen molar-refractivity contribution in [3.8, 4) is 39.5 Å². The average molecular weight is 654 g/mol. The Morgan fingerprint density at radius 2 is 1.20 bits per heavy atom. The Morgan fingerprint density at radius 1 is 0.510 bits per heavy atom. The fourth-order valence-electron chi connectivity index (χ4n) is 8.56. The van der Waals surface area contributed by atoms with Crippen molar-refractivity contribution < 1.29 is 4.42 Å². The van der Waals surface area contributed by atoms with E-state index in [2.05, 4.69) is 152 Å². The smallest absolute Gasteiger partial charge is 0.235 e. The van der Waals surface area contributed by atoms with Crippen LogP contribution >= 0.6 is 0 Å². The van der Waals surface area contributed by atoms with Crippen molar-refractivity contribution in [3.63, 3.8) is 0 Å². The highest BCUT2D eigenvalue weighted by Gasteiger charge is 2.35. The molecule has 4 heteroatoms. The Bertz CT molecular complexity index is 3050. The fourth-order valence-corrected chi connectivity index (χ4v) is 8.56. The molecule has 0 atom stereocenters. The minimum absolute atomic E-state index is 0.0424. The van der Waals surface area contributed by atoms with E-state index in [0.717, 1.165) is 65.9 Å². The molecule has 0 radical (unpaired) electrons. The molecule has 1 aliphatic rings. The minimum Gasteiger partial charge on any atom is -0.456 e. The number of nitrogens with zero attached hydrogens (tertiary/aromatic N) is 3. The maximum absolute atomic E-state index is 6.36. The molecule has 1 aliphatic carbocycles. The molecule has 0 bridgehead atoms. The van der Waals surface area contributed by atoms with Crippen molar-refractivity contribution in [1.82, 2.24) is 14.5 Å². The Kier molecular flexibility index (Phi) is 5.70. The van der Waals surface area contributed by atoms with E-state index in [1.54, 1.807) is 0 Å². The molecular formula is C47H31N3O. The van der Waals surface area contributed by atoms with Crippen molar-refractivity contribution in [2.45, 2.75) is 19.3 Å². The van der Waals surface area contributed by atoms with Gasteiger partial charge in [-0.15, -0.1) is 0 Å². The molecule has 0 unspecified atom stereocenters. The van der Waals surface area contributed by atoms with Crippen LogP contribution in [0.5, 0.6) is 0 Å². The van der Waals surface area contributed by atoms with Gasteiger partial charge in [-0.3, -0.25) is 4.57 Å². The Labute approximate surface area is 294 Å². The fraction of sp³-hybridized carbons (Fsp3) is 0.0638. The van der Waals surface area contributed by atoms with Gasteiger partial charge in [0.25, 0.3) is 0 Å². The zero-order valence-corrected chi connectivity index (χ0v) is 28.2. The van der Waals surface area contributed by atoms with Gasteiger partial charge in [-0.1, -0.05) is 129 Å². The molecule has 3 aromatic heterocycles. The normalized spacial score (nSPS) is 13.5. The number of furan rings is 1. The van der Waals surface area contributed by atoms with Gasteiger partial charge in [0.05, 0.1) is 27.6 Å². The number of aromatic nitrogens is 3. The second-order valence-electron chi connectivity index (χ2n) is 14.2. The molecule has 0 saturated heterocycles. The molecule has 0 spiro atoms. The summed E-state index contributed by atoms with van der Waals surface area (Å²) in [5.41, 5.74) is 14.5. The quantitative estimate of drug-likeness (QED) is 0.191. The van der Waals surface area contributed by atoms with Crippen LogP contribution in [0.15, 0.2) is 156 Å². The number of hydrogen-bond donors (Lipinski definition) is 0. The van der Waals surface area contributed by atoms with Gasteiger partial charge in [-0.2, -0.15) is 0 Å². The lowest BCUT2D eigenvalue weighted by molar-refractivity contribution is 0.660. The lowest BCUT2D eigenvalue weighted by Gasteiger charge is -2.22. The van der Waals surface area contributed by atoms with Gasteiger partial charge in [0.15, 0.2) is 0 Å². The number of para-hydroxylation sites is 3. The first-order valence-corrected chi connectivity index (χ1v) is 17.5. The summed E-state index contributed by atoms with van der Waals surface area (Å²) in [6, 6.07) is 53.9. The second kappa shape index (κ2) is 10.3.